The number of nitrogens with one attached hydrogen (secondary N) is 1. The summed E-state index contributed by atoms with van der Waals surface area (Å²) < 4.78 is 7.69. The number of H-pyrrole nitrogens is 1. The van der Waals surface area contributed by atoms with Crippen LogP contribution in [-0.2, 0) is 11.8 Å². The van der Waals surface area contributed by atoms with Crippen molar-refractivity contribution in [2.75, 3.05) is 19.8 Å². The van der Waals surface area contributed by atoms with Crippen LogP contribution in [0.1, 0.15) is 22.1 Å². The standard InChI is InChI=1S/C18H19N3O2/c1-20-9-3-6-15(20)16-12-23-11-10-21(16)18(22)14-5-2-4-13-7-8-19-17(13)14/h2-9,16,19H,10-12H2,1H3/t16-/m0/s1. The molecular weight excluding hydrogens is 290 g/mol. The summed E-state index contributed by atoms with van der Waals surface area (Å²) >= 11 is 0. The van der Waals surface area contributed by atoms with Gasteiger partial charge in [0, 0.05) is 37.1 Å². The highest BCUT2D eigenvalue weighted by atomic mass is 16.5. The first kappa shape index (κ1) is 14.1. The predicted octanol–water partition coefficient (Wildman–Crippen LogP) is 2.72. The molecule has 1 aliphatic heterocycles. The van der Waals surface area contributed by atoms with Gasteiger partial charge < -0.3 is 19.2 Å². The number of aromatic nitrogens is 2. The first-order valence-corrected chi connectivity index (χ1v) is 7.82. The number of benzene rings is 1. The van der Waals surface area contributed by atoms with Crippen molar-refractivity contribution in [2.24, 2.45) is 7.05 Å². The molecule has 0 radical (unpaired) electrons. The van der Waals surface area contributed by atoms with Gasteiger partial charge in [0.05, 0.1) is 30.3 Å². The van der Waals surface area contributed by atoms with Gasteiger partial charge in [-0.15, -0.1) is 0 Å². The van der Waals surface area contributed by atoms with E-state index in [0.717, 1.165) is 16.6 Å². The van der Waals surface area contributed by atoms with Gasteiger partial charge in [0.2, 0.25) is 0 Å². The normalized spacial score (nSPS) is 18.5. The quantitative estimate of drug-likeness (QED) is 0.791. The largest absolute Gasteiger partial charge is 0.377 e. The first-order chi connectivity index (χ1) is 11.3. The molecule has 118 valence electrons. The van der Waals surface area contributed by atoms with Gasteiger partial charge in [0.15, 0.2) is 0 Å². The zero-order chi connectivity index (χ0) is 15.8. The summed E-state index contributed by atoms with van der Waals surface area (Å²) in [5.41, 5.74) is 2.71. The van der Waals surface area contributed by atoms with Crippen LogP contribution in [-0.4, -0.2) is 40.1 Å². The summed E-state index contributed by atoms with van der Waals surface area (Å²) in [6, 6.07) is 11.8. The molecule has 1 amide bonds. The van der Waals surface area contributed by atoms with Crippen molar-refractivity contribution in [2.45, 2.75) is 6.04 Å². The smallest absolute Gasteiger partial charge is 0.256 e. The molecule has 0 spiro atoms. The Balaban J connectivity index is 1.73. The van der Waals surface area contributed by atoms with E-state index >= 15 is 0 Å². The lowest BCUT2D eigenvalue weighted by atomic mass is 10.1. The van der Waals surface area contributed by atoms with E-state index in [-0.39, 0.29) is 11.9 Å². The Morgan fingerprint density at radius 3 is 3.00 bits per heavy atom. The van der Waals surface area contributed by atoms with Crippen molar-refractivity contribution in [3.8, 4) is 0 Å². The predicted molar refractivity (Wildman–Crippen MR) is 88.3 cm³/mol. The molecular formula is C18H19N3O2. The number of rotatable bonds is 2. The monoisotopic (exact) mass is 309 g/mol. The molecule has 5 heteroatoms. The Kier molecular flexibility index (Phi) is 3.42. The van der Waals surface area contributed by atoms with Crippen LogP contribution in [0.15, 0.2) is 48.8 Å². The molecule has 1 aromatic carbocycles. The van der Waals surface area contributed by atoms with Crippen molar-refractivity contribution in [3.63, 3.8) is 0 Å². The molecule has 4 rings (SSSR count). The van der Waals surface area contributed by atoms with E-state index in [1.54, 1.807) is 0 Å². The van der Waals surface area contributed by atoms with Crippen LogP contribution in [0.3, 0.4) is 0 Å². The molecule has 23 heavy (non-hydrogen) atoms. The number of fused-ring (bicyclic) bond motifs is 1. The van der Waals surface area contributed by atoms with Crippen molar-refractivity contribution in [1.29, 1.82) is 0 Å². The Morgan fingerprint density at radius 1 is 1.26 bits per heavy atom. The highest BCUT2D eigenvalue weighted by molar-refractivity contribution is 6.05. The maximum Gasteiger partial charge on any atom is 0.256 e. The average molecular weight is 309 g/mol. The highest BCUT2D eigenvalue weighted by Gasteiger charge is 2.31. The molecule has 1 atom stereocenters. The molecule has 2 aromatic heterocycles. The number of para-hydroxylation sites is 1. The van der Waals surface area contributed by atoms with Crippen LogP contribution in [0.4, 0.5) is 0 Å². The van der Waals surface area contributed by atoms with E-state index in [1.165, 1.54) is 0 Å². The van der Waals surface area contributed by atoms with Crippen molar-refractivity contribution in [1.82, 2.24) is 14.5 Å². The molecule has 0 aliphatic carbocycles. The summed E-state index contributed by atoms with van der Waals surface area (Å²) in [4.78, 5) is 18.3. The molecule has 0 saturated carbocycles. The number of carbonyl (C=O) groups is 1. The van der Waals surface area contributed by atoms with Gasteiger partial charge in [0.1, 0.15) is 0 Å². The Bertz CT molecular complexity index is 849. The minimum absolute atomic E-state index is 0.0487. The fourth-order valence-corrected chi connectivity index (χ4v) is 3.33. The van der Waals surface area contributed by atoms with Crippen LogP contribution in [0.5, 0.6) is 0 Å². The number of aromatic amines is 1. The van der Waals surface area contributed by atoms with Gasteiger partial charge >= 0.3 is 0 Å². The van der Waals surface area contributed by atoms with E-state index in [2.05, 4.69) is 15.6 Å². The zero-order valence-electron chi connectivity index (χ0n) is 13.0. The van der Waals surface area contributed by atoms with E-state index < -0.39 is 0 Å². The molecule has 1 fully saturated rings. The fourth-order valence-electron chi connectivity index (χ4n) is 3.33. The number of ether oxygens (including phenoxy) is 1. The number of aryl methyl sites for hydroxylation is 1. The number of morpholine rings is 1. The number of carbonyl (C=O) groups excluding carboxylic acids is 1. The van der Waals surface area contributed by atoms with Gasteiger partial charge in [-0.1, -0.05) is 12.1 Å². The lowest BCUT2D eigenvalue weighted by Gasteiger charge is -2.36. The topological polar surface area (TPSA) is 50.3 Å². The summed E-state index contributed by atoms with van der Waals surface area (Å²) in [5, 5.41) is 1.06. The molecule has 5 nitrogen and oxygen atoms in total. The third-order valence-electron chi connectivity index (χ3n) is 4.53. The minimum Gasteiger partial charge on any atom is -0.377 e. The van der Waals surface area contributed by atoms with E-state index in [0.29, 0.717) is 25.3 Å². The summed E-state index contributed by atoms with van der Waals surface area (Å²) in [7, 11) is 2.00. The number of nitrogens with zero attached hydrogens (tertiary/aromatic N) is 2. The number of amides is 1. The SMILES string of the molecule is Cn1cccc1[C@@H]1COCCN1C(=O)c1cccc2cc[nH]c12. The second-order valence-electron chi connectivity index (χ2n) is 5.88. The number of hydrogen-bond donors (Lipinski definition) is 1. The summed E-state index contributed by atoms with van der Waals surface area (Å²) in [5.74, 6) is 0.0487. The van der Waals surface area contributed by atoms with Crippen LogP contribution < -0.4 is 0 Å². The minimum atomic E-state index is -0.0542. The van der Waals surface area contributed by atoms with Crippen molar-refractivity contribution >= 4 is 16.8 Å². The molecule has 0 unspecified atom stereocenters. The molecule has 0 bridgehead atoms. The number of hydrogen-bond acceptors (Lipinski definition) is 2. The Labute approximate surface area is 134 Å². The lowest BCUT2D eigenvalue weighted by Crippen LogP contribution is -2.44. The summed E-state index contributed by atoms with van der Waals surface area (Å²) in [6.45, 7) is 1.71. The third kappa shape index (κ3) is 2.33. The zero-order valence-corrected chi connectivity index (χ0v) is 13.0. The maximum atomic E-state index is 13.2. The third-order valence-corrected chi connectivity index (χ3v) is 4.53. The van der Waals surface area contributed by atoms with Gasteiger partial charge in [-0.2, -0.15) is 0 Å². The Morgan fingerprint density at radius 2 is 2.17 bits per heavy atom. The van der Waals surface area contributed by atoms with E-state index in [9.17, 15) is 4.79 Å². The first-order valence-electron chi connectivity index (χ1n) is 7.82. The fraction of sp³-hybridized carbons (Fsp3) is 0.278. The van der Waals surface area contributed by atoms with Gasteiger partial charge in [-0.05, 0) is 24.3 Å². The molecule has 1 aliphatic rings. The summed E-state index contributed by atoms with van der Waals surface area (Å²) in [6.07, 6.45) is 3.87. The van der Waals surface area contributed by atoms with Crippen molar-refractivity contribution in [3.05, 3.63) is 60.0 Å². The van der Waals surface area contributed by atoms with E-state index in [1.807, 2.05) is 54.7 Å². The highest BCUT2D eigenvalue weighted by Crippen LogP contribution is 2.28. The molecule has 3 aromatic rings. The Hall–Kier alpha value is -2.53. The molecule has 3 heterocycles. The van der Waals surface area contributed by atoms with Crippen LogP contribution in [0, 0.1) is 0 Å². The van der Waals surface area contributed by atoms with Crippen LogP contribution in [0.2, 0.25) is 0 Å². The van der Waals surface area contributed by atoms with Crippen LogP contribution in [0.25, 0.3) is 10.9 Å². The second kappa shape index (κ2) is 5.59. The van der Waals surface area contributed by atoms with Crippen molar-refractivity contribution < 1.29 is 9.53 Å². The average Bonchev–Trinajstić information content (AvgIpc) is 3.22. The lowest BCUT2D eigenvalue weighted by molar-refractivity contribution is -0.00453. The second-order valence-corrected chi connectivity index (χ2v) is 5.88. The van der Waals surface area contributed by atoms with E-state index in [4.69, 9.17) is 4.74 Å². The molecule has 1 saturated heterocycles. The van der Waals surface area contributed by atoms with Gasteiger partial charge in [0.25, 0.3) is 5.91 Å². The van der Waals surface area contributed by atoms with Gasteiger partial charge in [-0.25, -0.2) is 0 Å². The molecule has 1 N–H and O–H groups in total. The van der Waals surface area contributed by atoms with Crippen LogP contribution >= 0.6 is 0 Å². The maximum absolute atomic E-state index is 13.2. The van der Waals surface area contributed by atoms with Gasteiger partial charge in [-0.3, -0.25) is 4.79 Å².